The number of piperidine rings is 1. The molecule has 1 fully saturated rings. The molecule has 1 aliphatic heterocycles. The Morgan fingerprint density at radius 1 is 1.29 bits per heavy atom. The number of rotatable bonds is 7. The number of benzene rings is 1. The Bertz CT molecular complexity index is 800. The van der Waals surface area contributed by atoms with E-state index in [2.05, 4.69) is 10.5 Å². The number of nitrogens with zero attached hydrogens (tertiary/aromatic N) is 2. The zero-order chi connectivity index (χ0) is 19.9. The van der Waals surface area contributed by atoms with Crippen molar-refractivity contribution in [2.75, 3.05) is 26.7 Å². The molecule has 0 radical (unpaired) electrons. The first-order valence-electron chi connectivity index (χ1n) is 9.63. The van der Waals surface area contributed by atoms with Crippen molar-refractivity contribution in [3.63, 3.8) is 0 Å². The third-order valence-corrected chi connectivity index (χ3v) is 4.99. The lowest BCUT2D eigenvalue weighted by Gasteiger charge is -2.32. The molecule has 1 atom stereocenters. The lowest BCUT2D eigenvalue weighted by Crippen LogP contribution is -2.44. The Morgan fingerprint density at radius 2 is 2.07 bits per heavy atom. The van der Waals surface area contributed by atoms with Gasteiger partial charge in [-0.25, -0.2) is 0 Å². The van der Waals surface area contributed by atoms with Gasteiger partial charge in [0.15, 0.2) is 0 Å². The number of methoxy groups -OCH3 is 1. The number of ether oxygens (including phenoxy) is 1. The molecule has 7 heteroatoms. The van der Waals surface area contributed by atoms with Crippen LogP contribution >= 0.6 is 0 Å². The molecular weight excluding hydrogens is 358 g/mol. The van der Waals surface area contributed by atoms with Crippen molar-refractivity contribution in [1.82, 2.24) is 15.4 Å². The topological polar surface area (TPSA) is 84.7 Å². The van der Waals surface area contributed by atoms with Crippen molar-refractivity contribution in [3.05, 3.63) is 47.3 Å². The smallest absolute Gasteiger partial charge is 0.230 e. The molecule has 7 nitrogen and oxygen atoms in total. The standard InChI is InChI=1S/C21H27N3O4/c1-15-10-19(28-23-15)12-21(26)24-9-3-4-17(14-24)13-22-20(25)11-16-5-7-18(27-2)8-6-16/h5-8,10,17H,3-4,9,11-14H2,1-2H3,(H,22,25). The van der Waals surface area contributed by atoms with E-state index >= 15 is 0 Å². The third-order valence-electron chi connectivity index (χ3n) is 4.99. The molecule has 2 aromatic rings. The maximum Gasteiger partial charge on any atom is 0.230 e. The number of nitrogens with one attached hydrogen (secondary N) is 1. The lowest BCUT2D eigenvalue weighted by atomic mass is 9.97. The molecule has 150 valence electrons. The van der Waals surface area contributed by atoms with Crippen LogP contribution < -0.4 is 10.1 Å². The number of hydrogen-bond donors (Lipinski definition) is 1. The van der Waals surface area contributed by atoms with Gasteiger partial charge in [-0.15, -0.1) is 0 Å². The van der Waals surface area contributed by atoms with E-state index in [1.165, 1.54) is 0 Å². The van der Waals surface area contributed by atoms with E-state index < -0.39 is 0 Å². The number of carbonyl (C=O) groups is 2. The van der Waals surface area contributed by atoms with Gasteiger partial charge in [0.05, 0.1) is 25.6 Å². The molecule has 2 amide bonds. The van der Waals surface area contributed by atoms with Gasteiger partial charge in [-0.2, -0.15) is 0 Å². The Kier molecular flexibility index (Phi) is 6.68. The number of aromatic nitrogens is 1. The molecule has 0 spiro atoms. The highest BCUT2D eigenvalue weighted by atomic mass is 16.5. The predicted molar refractivity (Wildman–Crippen MR) is 104 cm³/mol. The van der Waals surface area contributed by atoms with Gasteiger partial charge in [0.25, 0.3) is 0 Å². The second-order valence-electron chi connectivity index (χ2n) is 7.29. The minimum atomic E-state index is -0.00856. The number of likely N-dealkylation sites (tertiary alicyclic amines) is 1. The SMILES string of the molecule is COc1ccc(CC(=O)NCC2CCCN(C(=O)Cc3cc(C)no3)C2)cc1. The molecular formula is C21H27N3O4. The first-order chi connectivity index (χ1) is 13.5. The first kappa shape index (κ1) is 19.9. The van der Waals surface area contributed by atoms with Gasteiger partial charge in [0, 0.05) is 25.7 Å². The molecule has 1 unspecified atom stereocenters. The van der Waals surface area contributed by atoms with Crippen molar-refractivity contribution < 1.29 is 18.8 Å². The Morgan fingerprint density at radius 3 is 2.75 bits per heavy atom. The van der Waals surface area contributed by atoms with Crippen molar-refractivity contribution in [1.29, 1.82) is 0 Å². The summed E-state index contributed by atoms with van der Waals surface area (Å²) in [6.45, 7) is 3.83. The van der Waals surface area contributed by atoms with E-state index in [4.69, 9.17) is 9.26 Å². The Labute approximate surface area is 165 Å². The minimum Gasteiger partial charge on any atom is -0.497 e. The molecule has 1 saturated heterocycles. The second kappa shape index (κ2) is 9.39. The van der Waals surface area contributed by atoms with Gasteiger partial charge in [0.1, 0.15) is 11.5 Å². The van der Waals surface area contributed by atoms with E-state index in [0.717, 1.165) is 36.4 Å². The predicted octanol–water partition coefficient (Wildman–Crippen LogP) is 2.13. The van der Waals surface area contributed by atoms with Crippen LogP contribution in [0.3, 0.4) is 0 Å². The molecule has 1 aromatic carbocycles. The summed E-state index contributed by atoms with van der Waals surface area (Å²) in [5.41, 5.74) is 1.72. The summed E-state index contributed by atoms with van der Waals surface area (Å²) in [6.07, 6.45) is 2.52. The molecule has 0 bridgehead atoms. The Hall–Kier alpha value is -2.83. The Balaban J connectivity index is 1.43. The number of aryl methyl sites for hydroxylation is 1. The maximum absolute atomic E-state index is 12.5. The van der Waals surface area contributed by atoms with Crippen molar-refractivity contribution in [2.24, 2.45) is 5.92 Å². The molecule has 1 N–H and O–H groups in total. The molecule has 0 aliphatic carbocycles. The van der Waals surface area contributed by atoms with Gasteiger partial charge in [-0.1, -0.05) is 17.3 Å². The maximum atomic E-state index is 12.5. The van der Waals surface area contributed by atoms with Gasteiger partial charge >= 0.3 is 0 Å². The van der Waals surface area contributed by atoms with Crippen LogP contribution in [0.1, 0.15) is 29.9 Å². The highest BCUT2D eigenvalue weighted by molar-refractivity contribution is 5.79. The molecule has 3 rings (SSSR count). The van der Waals surface area contributed by atoms with Crippen LogP contribution in [0.4, 0.5) is 0 Å². The van der Waals surface area contributed by atoms with Crippen LogP contribution in [-0.2, 0) is 22.4 Å². The average Bonchev–Trinajstić information content (AvgIpc) is 3.12. The van der Waals surface area contributed by atoms with Crippen LogP contribution in [0.2, 0.25) is 0 Å². The van der Waals surface area contributed by atoms with E-state index in [9.17, 15) is 9.59 Å². The first-order valence-corrected chi connectivity index (χ1v) is 9.63. The minimum absolute atomic E-state index is 0.00856. The average molecular weight is 385 g/mol. The summed E-state index contributed by atoms with van der Waals surface area (Å²) in [6, 6.07) is 9.28. The third kappa shape index (κ3) is 5.58. The highest BCUT2D eigenvalue weighted by Crippen LogP contribution is 2.17. The molecule has 1 aliphatic rings. The van der Waals surface area contributed by atoms with Crippen molar-refractivity contribution in [3.8, 4) is 5.75 Å². The second-order valence-corrected chi connectivity index (χ2v) is 7.29. The van der Waals surface area contributed by atoms with Crippen LogP contribution in [-0.4, -0.2) is 48.6 Å². The van der Waals surface area contributed by atoms with Crippen LogP contribution in [0, 0.1) is 12.8 Å². The summed E-state index contributed by atoms with van der Waals surface area (Å²) in [4.78, 5) is 26.6. The van der Waals surface area contributed by atoms with E-state index in [1.807, 2.05) is 36.1 Å². The fourth-order valence-electron chi connectivity index (χ4n) is 3.47. The summed E-state index contributed by atoms with van der Waals surface area (Å²) in [5.74, 6) is 1.68. The van der Waals surface area contributed by atoms with Crippen LogP contribution in [0.25, 0.3) is 0 Å². The fourth-order valence-corrected chi connectivity index (χ4v) is 3.47. The van der Waals surface area contributed by atoms with Gasteiger partial charge in [-0.3, -0.25) is 9.59 Å². The number of carbonyl (C=O) groups excluding carboxylic acids is 2. The monoisotopic (exact) mass is 385 g/mol. The zero-order valence-electron chi connectivity index (χ0n) is 16.4. The summed E-state index contributed by atoms with van der Waals surface area (Å²) < 4.78 is 10.3. The zero-order valence-corrected chi connectivity index (χ0v) is 16.4. The summed E-state index contributed by atoms with van der Waals surface area (Å²) in [7, 11) is 1.62. The van der Waals surface area contributed by atoms with E-state index in [0.29, 0.717) is 25.3 Å². The van der Waals surface area contributed by atoms with E-state index in [-0.39, 0.29) is 24.2 Å². The van der Waals surface area contributed by atoms with Crippen LogP contribution in [0.5, 0.6) is 5.75 Å². The molecule has 0 saturated carbocycles. The fraction of sp³-hybridized carbons (Fsp3) is 0.476. The van der Waals surface area contributed by atoms with E-state index in [1.54, 1.807) is 13.2 Å². The number of hydrogen-bond acceptors (Lipinski definition) is 5. The largest absolute Gasteiger partial charge is 0.497 e. The lowest BCUT2D eigenvalue weighted by molar-refractivity contribution is -0.132. The van der Waals surface area contributed by atoms with Crippen LogP contribution in [0.15, 0.2) is 34.9 Å². The van der Waals surface area contributed by atoms with Gasteiger partial charge < -0.3 is 19.5 Å². The van der Waals surface area contributed by atoms with Crippen molar-refractivity contribution in [2.45, 2.75) is 32.6 Å². The normalized spacial score (nSPS) is 16.6. The quantitative estimate of drug-likeness (QED) is 0.789. The highest BCUT2D eigenvalue weighted by Gasteiger charge is 2.24. The van der Waals surface area contributed by atoms with Gasteiger partial charge in [0.2, 0.25) is 11.8 Å². The number of amides is 2. The summed E-state index contributed by atoms with van der Waals surface area (Å²) >= 11 is 0. The summed E-state index contributed by atoms with van der Waals surface area (Å²) in [5, 5.41) is 6.83. The molecule has 2 heterocycles. The molecule has 1 aromatic heterocycles. The van der Waals surface area contributed by atoms with Crippen molar-refractivity contribution >= 4 is 11.8 Å². The van der Waals surface area contributed by atoms with Gasteiger partial charge in [-0.05, 0) is 43.4 Å². The molecule has 28 heavy (non-hydrogen) atoms.